The Morgan fingerprint density at radius 1 is 0.387 bits per heavy atom. The molecule has 2 unspecified atom stereocenters. The topological polar surface area (TPSA) is 13.0 Å². The third-order valence-electron chi connectivity index (χ3n) is 13.9. The summed E-state index contributed by atoms with van der Waals surface area (Å²) < 4.78 is 0. The molecule has 4 heteroatoms. The van der Waals surface area contributed by atoms with Crippen molar-refractivity contribution in [2.24, 2.45) is 5.92 Å². The van der Waals surface area contributed by atoms with Gasteiger partial charge in [0.15, 0.2) is 0 Å². The monoisotopic (exact) mass is 819 g/mol. The highest BCUT2D eigenvalue weighted by Crippen LogP contribution is 2.49. The molecular formula is C58H66N4. The standard InChI is InChI=1S/C58H66N4/c1-35(2)49-37(5)33-38(6)50(41(49)9)43-25-27-44(28-26-43)51-39(7)34-40(8)52(42(51)10)58-61(13)54(46-23-19-16-20-24-46)56(62(58)14)48-31-29-47(30-32-48)55-53(45-21-17-15-18-22-45)59(11)57(36(3)4)60(55)12/h15-36,57-58H,1-14H3. The largest absolute Gasteiger partial charge is 0.352 e. The lowest BCUT2D eigenvalue weighted by molar-refractivity contribution is 0.161. The molecule has 0 spiro atoms. The van der Waals surface area contributed by atoms with Crippen LogP contribution in [0.1, 0.15) is 107 Å². The minimum atomic E-state index is -0.000348. The van der Waals surface area contributed by atoms with Crippen LogP contribution in [0.25, 0.3) is 45.0 Å². The molecule has 0 saturated heterocycles. The zero-order valence-electron chi connectivity index (χ0n) is 39.6. The molecule has 2 heterocycles. The van der Waals surface area contributed by atoms with Crippen LogP contribution in [0.5, 0.6) is 0 Å². The van der Waals surface area contributed by atoms with Crippen molar-refractivity contribution in [2.45, 2.75) is 87.5 Å². The predicted octanol–water partition coefficient (Wildman–Crippen LogP) is 14.1. The maximum Gasteiger partial charge on any atom is 0.128 e. The van der Waals surface area contributed by atoms with Gasteiger partial charge in [0, 0.05) is 50.4 Å². The van der Waals surface area contributed by atoms with E-state index in [4.69, 9.17) is 0 Å². The zero-order valence-corrected chi connectivity index (χ0v) is 39.6. The molecule has 0 amide bonds. The van der Waals surface area contributed by atoms with Crippen LogP contribution in [-0.2, 0) is 0 Å². The van der Waals surface area contributed by atoms with Crippen LogP contribution in [0, 0.1) is 47.5 Å². The summed E-state index contributed by atoms with van der Waals surface area (Å²) in [5.41, 5.74) is 26.1. The maximum atomic E-state index is 2.52. The molecule has 2 aliphatic rings. The summed E-state index contributed by atoms with van der Waals surface area (Å²) in [6.45, 7) is 23.0. The van der Waals surface area contributed by atoms with Gasteiger partial charge in [-0.1, -0.05) is 149 Å². The van der Waals surface area contributed by atoms with E-state index in [2.05, 4.69) is 238 Å². The highest BCUT2D eigenvalue weighted by atomic mass is 15.4. The van der Waals surface area contributed by atoms with Crippen LogP contribution in [0.3, 0.4) is 0 Å². The Bertz CT molecular complexity index is 2680. The zero-order chi connectivity index (χ0) is 44.3. The van der Waals surface area contributed by atoms with Crippen LogP contribution in [0.15, 0.2) is 121 Å². The number of hydrogen-bond acceptors (Lipinski definition) is 4. The van der Waals surface area contributed by atoms with Crippen molar-refractivity contribution >= 4 is 22.8 Å². The lowest BCUT2D eigenvalue weighted by Crippen LogP contribution is -2.40. The van der Waals surface area contributed by atoms with Gasteiger partial charge in [0.1, 0.15) is 12.3 Å². The summed E-state index contributed by atoms with van der Waals surface area (Å²) in [5, 5.41) is 0. The SMILES string of the molecule is Cc1cc(C)c(C(C)C)c(C)c1-c1ccc(-c2c(C)cc(C)c(C3N(C)C(c4ccccc4)=C(c4ccc(C5=C(c6ccccc6)N(C)C(C(C)C)N5C)cc4)N3C)c2C)cc1. The fourth-order valence-electron chi connectivity index (χ4n) is 11.7. The first-order chi connectivity index (χ1) is 29.6. The van der Waals surface area contributed by atoms with Gasteiger partial charge in [-0.05, 0) is 120 Å². The first-order valence-electron chi connectivity index (χ1n) is 22.6. The van der Waals surface area contributed by atoms with Crippen molar-refractivity contribution in [1.82, 2.24) is 19.6 Å². The van der Waals surface area contributed by atoms with E-state index in [1.807, 2.05) is 0 Å². The lowest BCUT2D eigenvalue weighted by Gasteiger charge is -2.34. The molecule has 6 aromatic carbocycles. The van der Waals surface area contributed by atoms with E-state index >= 15 is 0 Å². The van der Waals surface area contributed by atoms with Crippen molar-refractivity contribution in [3.63, 3.8) is 0 Å². The number of aryl methyl sites for hydroxylation is 4. The van der Waals surface area contributed by atoms with Gasteiger partial charge in [-0.2, -0.15) is 0 Å². The second-order valence-corrected chi connectivity index (χ2v) is 18.8. The molecule has 2 aliphatic heterocycles. The molecule has 318 valence electrons. The van der Waals surface area contributed by atoms with E-state index < -0.39 is 0 Å². The second kappa shape index (κ2) is 16.7. The normalized spacial score (nSPS) is 16.9. The summed E-state index contributed by atoms with van der Waals surface area (Å²) in [4.78, 5) is 9.97. The Morgan fingerprint density at radius 2 is 0.742 bits per heavy atom. The first kappa shape index (κ1) is 42.7. The molecule has 0 saturated carbocycles. The van der Waals surface area contributed by atoms with Gasteiger partial charge in [-0.3, -0.25) is 0 Å². The molecule has 8 rings (SSSR count). The Morgan fingerprint density at radius 3 is 1.15 bits per heavy atom. The Hall–Kier alpha value is -6.00. The second-order valence-electron chi connectivity index (χ2n) is 18.8. The molecule has 0 aromatic heterocycles. The quantitative estimate of drug-likeness (QED) is 0.144. The summed E-state index contributed by atoms with van der Waals surface area (Å²) in [6.07, 6.45) is 0.269. The van der Waals surface area contributed by atoms with Crippen LogP contribution >= 0.6 is 0 Å². The third-order valence-corrected chi connectivity index (χ3v) is 13.9. The minimum absolute atomic E-state index is 0.000348. The van der Waals surface area contributed by atoms with E-state index in [9.17, 15) is 0 Å². The first-order valence-corrected chi connectivity index (χ1v) is 22.6. The van der Waals surface area contributed by atoms with Crippen molar-refractivity contribution in [1.29, 1.82) is 0 Å². The summed E-state index contributed by atoms with van der Waals surface area (Å²) in [6, 6.07) is 45.3. The number of benzene rings is 6. The van der Waals surface area contributed by atoms with Crippen molar-refractivity contribution in [2.75, 3.05) is 28.2 Å². The molecule has 0 bridgehead atoms. The highest BCUT2D eigenvalue weighted by molar-refractivity contribution is 5.94. The molecule has 6 aromatic rings. The van der Waals surface area contributed by atoms with E-state index in [1.54, 1.807) is 0 Å². The molecular weight excluding hydrogens is 753 g/mol. The molecule has 0 N–H and O–H groups in total. The summed E-state index contributed by atoms with van der Waals surface area (Å²) >= 11 is 0. The van der Waals surface area contributed by atoms with E-state index in [-0.39, 0.29) is 12.3 Å². The van der Waals surface area contributed by atoms with E-state index in [1.165, 1.54) is 112 Å². The van der Waals surface area contributed by atoms with Gasteiger partial charge in [-0.15, -0.1) is 0 Å². The number of rotatable bonds is 9. The van der Waals surface area contributed by atoms with Crippen molar-refractivity contribution in [3.8, 4) is 22.3 Å². The molecule has 0 aliphatic carbocycles. The van der Waals surface area contributed by atoms with Crippen molar-refractivity contribution in [3.05, 3.63) is 188 Å². The molecule has 4 nitrogen and oxygen atoms in total. The van der Waals surface area contributed by atoms with Gasteiger partial charge in [0.25, 0.3) is 0 Å². The molecule has 0 radical (unpaired) electrons. The van der Waals surface area contributed by atoms with Gasteiger partial charge < -0.3 is 19.6 Å². The van der Waals surface area contributed by atoms with E-state index in [0.29, 0.717) is 11.8 Å². The fraction of sp³-hybridized carbons (Fsp3) is 0.310. The van der Waals surface area contributed by atoms with E-state index in [0.717, 1.165) is 0 Å². The Balaban J connectivity index is 1.20. The lowest BCUT2D eigenvalue weighted by atomic mass is 9.84. The van der Waals surface area contributed by atoms with Crippen LogP contribution < -0.4 is 0 Å². The Labute approximate surface area is 372 Å². The minimum Gasteiger partial charge on any atom is -0.352 e. The average Bonchev–Trinajstić information content (AvgIpc) is 3.65. The summed E-state index contributed by atoms with van der Waals surface area (Å²) in [7, 11) is 9.07. The van der Waals surface area contributed by atoms with Crippen molar-refractivity contribution < 1.29 is 0 Å². The Kier molecular flexibility index (Phi) is 11.5. The van der Waals surface area contributed by atoms with Gasteiger partial charge in [0.2, 0.25) is 0 Å². The number of hydrogen-bond donors (Lipinski definition) is 0. The van der Waals surface area contributed by atoms with Crippen LogP contribution in [0.2, 0.25) is 0 Å². The van der Waals surface area contributed by atoms with Gasteiger partial charge >= 0.3 is 0 Å². The predicted molar refractivity (Wildman–Crippen MR) is 265 cm³/mol. The van der Waals surface area contributed by atoms with Gasteiger partial charge in [0.05, 0.1) is 22.8 Å². The van der Waals surface area contributed by atoms with Crippen LogP contribution in [-0.4, -0.2) is 54.0 Å². The van der Waals surface area contributed by atoms with Crippen LogP contribution in [0.4, 0.5) is 0 Å². The highest BCUT2D eigenvalue weighted by Gasteiger charge is 2.40. The maximum absolute atomic E-state index is 2.52. The summed E-state index contributed by atoms with van der Waals surface area (Å²) in [5.74, 6) is 0.941. The molecule has 62 heavy (non-hydrogen) atoms. The fourth-order valence-corrected chi connectivity index (χ4v) is 11.7. The van der Waals surface area contributed by atoms with Gasteiger partial charge in [-0.25, -0.2) is 0 Å². The molecule has 0 fully saturated rings. The average molecular weight is 819 g/mol. The smallest absolute Gasteiger partial charge is 0.128 e. The third kappa shape index (κ3) is 7.12. The molecule has 2 atom stereocenters. The number of nitrogens with zero attached hydrogens (tertiary/aromatic N) is 4.